The lowest BCUT2D eigenvalue weighted by Crippen LogP contribution is -2.24. The molecule has 0 N–H and O–H groups in total. The molecule has 0 aliphatic heterocycles. The van der Waals surface area contributed by atoms with Crippen LogP contribution in [-0.4, -0.2) is 17.8 Å². The van der Waals surface area contributed by atoms with E-state index in [-0.39, 0.29) is 0 Å². The Bertz CT molecular complexity index is 749. The van der Waals surface area contributed by atoms with Crippen LogP contribution in [0, 0.1) is 5.92 Å². The van der Waals surface area contributed by atoms with Crippen LogP contribution in [0.3, 0.4) is 0 Å². The van der Waals surface area contributed by atoms with Crippen molar-refractivity contribution in [2.24, 2.45) is 10.9 Å². The largest absolute Gasteiger partial charge is 0.330 e. The zero-order chi connectivity index (χ0) is 19.5. The van der Waals surface area contributed by atoms with Gasteiger partial charge in [-0.25, -0.2) is 4.99 Å². The number of aliphatic imine (C=N–C) groups is 1. The Hall–Kier alpha value is -2.87. The molecule has 0 saturated carbocycles. The van der Waals surface area contributed by atoms with Gasteiger partial charge in [-0.3, -0.25) is 0 Å². The van der Waals surface area contributed by atoms with E-state index in [0.29, 0.717) is 5.92 Å². The molecule has 0 aromatic carbocycles. The van der Waals surface area contributed by atoms with Crippen LogP contribution >= 0.6 is 0 Å². The third-order valence-electron chi connectivity index (χ3n) is 3.95. The molecule has 0 bridgehead atoms. The minimum Gasteiger partial charge on any atom is -0.330 e. The quantitative estimate of drug-likeness (QED) is 0.286. The van der Waals surface area contributed by atoms with Gasteiger partial charge in [0.1, 0.15) is 5.84 Å². The van der Waals surface area contributed by atoms with Crippen molar-refractivity contribution in [3.8, 4) is 0 Å². The van der Waals surface area contributed by atoms with Crippen molar-refractivity contribution in [3.05, 3.63) is 109 Å². The van der Waals surface area contributed by atoms with Gasteiger partial charge in [-0.2, -0.15) is 0 Å². The molecule has 1 atom stereocenters. The van der Waals surface area contributed by atoms with Crippen LogP contribution in [0.15, 0.2) is 114 Å². The average Bonchev–Trinajstić information content (AvgIpc) is 3.00. The Kier molecular flexibility index (Phi) is 8.86. The summed E-state index contributed by atoms with van der Waals surface area (Å²) >= 11 is 0. The van der Waals surface area contributed by atoms with Crippen LogP contribution in [0.1, 0.15) is 20.8 Å². The second-order valence-electron chi connectivity index (χ2n) is 5.92. The van der Waals surface area contributed by atoms with Crippen LogP contribution in [-0.2, 0) is 0 Å². The molecular weight excluding hydrogens is 316 g/mol. The molecule has 1 unspecified atom stereocenters. The van der Waals surface area contributed by atoms with Gasteiger partial charge in [0.25, 0.3) is 0 Å². The molecule has 0 heterocycles. The Balaban J connectivity index is 3.38. The van der Waals surface area contributed by atoms with Gasteiger partial charge in [0, 0.05) is 12.7 Å². The van der Waals surface area contributed by atoms with E-state index in [1.54, 1.807) is 12.2 Å². The van der Waals surface area contributed by atoms with E-state index in [1.165, 1.54) is 0 Å². The van der Waals surface area contributed by atoms with Crippen molar-refractivity contribution >= 4 is 5.84 Å². The van der Waals surface area contributed by atoms with Crippen molar-refractivity contribution in [3.63, 3.8) is 0 Å². The van der Waals surface area contributed by atoms with Gasteiger partial charge in [-0.1, -0.05) is 81.3 Å². The molecule has 0 spiro atoms. The van der Waals surface area contributed by atoms with Crippen molar-refractivity contribution in [1.82, 2.24) is 4.90 Å². The summed E-state index contributed by atoms with van der Waals surface area (Å²) in [4.78, 5) is 6.98. The van der Waals surface area contributed by atoms with Gasteiger partial charge < -0.3 is 4.90 Å². The summed E-state index contributed by atoms with van der Waals surface area (Å²) in [5.74, 6) is 1.19. The summed E-state index contributed by atoms with van der Waals surface area (Å²) in [5, 5.41) is 0. The topological polar surface area (TPSA) is 15.6 Å². The van der Waals surface area contributed by atoms with Gasteiger partial charge in [0.05, 0.1) is 5.70 Å². The molecule has 0 radical (unpaired) electrons. The highest BCUT2D eigenvalue weighted by Gasteiger charge is 2.14. The molecule has 0 amide bonds. The molecule has 2 nitrogen and oxygen atoms in total. The van der Waals surface area contributed by atoms with Gasteiger partial charge in [0.2, 0.25) is 0 Å². The Morgan fingerprint density at radius 3 is 2.38 bits per heavy atom. The zero-order valence-corrected chi connectivity index (χ0v) is 16.4. The van der Waals surface area contributed by atoms with Crippen molar-refractivity contribution < 1.29 is 0 Å². The number of allylic oxidation sites excluding steroid dienone is 11. The molecule has 136 valence electrons. The van der Waals surface area contributed by atoms with Gasteiger partial charge >= 0.3 is 0 Å². The fourth-order valence-corrected chi connectivity index (χ4v) is 2.59. The zero-order valence-electron chi connectivity index (χ0n) is 16.4. The summed E-state index contributed by atoms with van der Waals surface area (Å²) in [5.41, 5.74) is 4.06. The lowest BCUT2D eigenvalue weighted by atomic mass is 10.2. The Morgan fingerprint density at radius 1 is 1.12 bits per heavy atom. The monoisotopic (exact) mass is 346 g/mol. The molecule has 1 aliphatic rings. The van der Waals surface area contributed by atoms with Crippen LogP contribution < -0.4 is 0 Å². The minimum atomic E-state index is 0.360. The first kappa shape index (κ1) is 21.2. The summed E-state index contributed by atoms with van der Waals surface area (Å²) in [6.45, 7) is 17.7. The molecule has 0 saturated heterocycles. The first-order valence-electron chi connectivity index (χ1n) is 8.81. The maximum Gasteiger partial charge on any atom is 0.133 e. The minimum absolute atomic E-state index is 0.360. The van der Waals surface area contributed by atoms with E-state index in [0.717, 1.165) is 28.4 Å². The van der Waals surface area contributed by atoms with Gasteiger partial charge in [-0.15, -0.1) is 0 Å². The van der Waals surface area contributed by atoms with E-state index in [1.807, 2.05) is 51.3 Å². The molecule has 1 aliphatic carbocycles. The Morgan fingerprint density at radius 2 is 1.85 bits per heavy atom. The third-order valence-corrected chi connectivity index (χ3v) is 3.95. The van der Waals surface area contributed by atoms with Gasteiger partial charge in [0.15, 0.2) is 0 Å². The number of hydrogen-bond donors (Lipinski definition) is 0. The van der Waals surface area contributed by atoms with Crippen molar-refractivity contribution in [2.45, 2.75) is 20.8 Å². The van der Waals surface area contributed by atoms with E-state index < -0.39 is 0 Å². The number of nitrogens with zero attached hydrogens (tertiary/aromatic N) is 2. The van der Waals surface area contributed by atoms with Gasteiger partial charge in [-0.05, 0) is 43.1 Å². The Labute approximate surface area is 159 Å². The van der Waals surface area contributed by atoms with E-state index >= 15 is 0 Å². The molecule has 0 aromatic heterocycles. The second kappa shape index (κ2) is 10.9. The standard InChI is InChI=1S/C24H30N2/c1-8-13-20(10-3)15-16-24(26(7)22(12-5)14-9-2)25-23-18-19(6)17-21(23)11-4/h8-19H,1,3-4H2,2,5-7H3/b14-9-,16-15+,20-13+,22-12+,25-24?. The van der Waals surface area contributed by atoms with Crippen LogP contribution in [0.4, 0.5) is 0 Å². The van der Waals surface area contributed by atoms with E-state index in [9.17, 15) is 0 Å². The number of amidine groups is 1. The maximum atomic E-state index is 4.91. The number of hydrogen-bond acceptors (Lipinski definition) is 1. The van der Waals surface area contributed by atoms with E-state index in [4.69, 9.17) is 4.99 Å². The summed E-state index contributed by atoms with van der Waals surface area (Å²) in [6.07, 6.45) is 21.8. The number of rotatable bonds is 8. The highest BCUT2D eigenvalue weighted by molar-refractivity contribution is 5.96. The molecule has 1 rings (SSSR count). The third kappa shape index (κ3) is 5.89. The van der Waals surface area contributed by atoms with Crippen LogP contribution in [0.2, 0.25) is 0 Å². The first-order chi connectivity index (χ1) is 12.5. The summed E-state index contributed by atoms with van der Waals surface area (Å²) < 4.78 is 0. The lowest BCUT2D eigenvalue weighted by molar-refractivity contribution is 0.648. The molecule has 2 heteroatoms. The molecule has 0 aromatic rings. The predicted octanol–water partition coefficient (Wildman–Crippen LogP) is 6.30. The fourth-order valence-electron chi connectivity index (χ4n) is 2.59. The SMILES string of the molecule is C=C/C=C(C=C)/C=C/C(=NC1=CC(C)C=C1C=C)N(C)C(/C=C\C)=C/C. The van der Waals surface area contributed by atoms with Crippen LogP contribution in [0.5, 0.6) is 0 Å². The molecule has 26 heavy (non-hydrogen) atoms. The normalized spacial score (nSPS) is 18.9. The maximum absolute atomic E-state index is 4.91. The second-order valence-corrected chi connectivity index (χ2v) is 5.92. The molecule has 0 fully saturated rings. The fraction of sp³-hybridized carbons (Fsp3) is 0.208. The van der Waals surface area contributed by atoms with E-state index in [2.05, 4.69) is 55.9 Å². The summed E-state index contributed by atoms with van der Waals surface area (Å²) in [7, 11) is 2.01. The first-order valence-corrected chi connectivity index (χ1v) is 8.81. The number of likely N-dealkylation sites (N-methyl/N-ethyl adjacent to an activating group) is 1. The lowest BCUT2D eigenvalue weighted by Gasteiger charge is -2.21. The van der Waals surface area contributed by atoms with Crippen LogP contribution in [0.25, 0.3) is 0 Å². The summed E-state index contributed by atoms with van der Waals surface area (Å²) in [6, 6.07) is 0. The smallest absolute Gasteiger partial charge is 0.133 e. The van der Waals surface area contributed by atoms with Crippen molar-refractivity contribution in [1.29, 1.82) is 0 Å². The highest BCUT2D eigenvalue weighted by atomic mass is 15.2. The molecular formula is C24H30N2. The predicted molar refractivity (Wildman–Crippen MR) is 117 cm³/mol. The highest BCUT2D eigenvalue weighted by Crippen LogP contribution is 2.26. The van der Waals surface area contributed by atoms with Crippen molar-refractivity contribution in [2.75, 3.05) is 7.05 Å². The average molecular weight is 347 g/mol.